The fourth-order valence-corrected chi connectivity index (χ4v) is 3.19. The van der Waals surface area contributed by atoms with Crippen LogP contribution in [-0.2, 0) is 16.7 Å². The van der Waals surface area contributed by atoms with Gasteiger partial charge in [-0.25, -0.2) is 4.79 Å². The van der Waals surface area contributed by atoms with E-state index in [1.807, 2.05) is 43.3 Å². The Morgan fingerprint density at radius 3 is 2.57 bits per heavy atom. The van der Waals surface area contributed by atoms with Crippen molar-refractivity contribution in [2.24, 2.45) is 0 Å². The molecule has 5 heteroatoms. The minimum Gasteiger partial charge on any atom is -0.507 e. The van der Waals surface area contributed by atoms with E-state index < -0.39 is 0 Å². The number of aromatic hydroxyl groups is 1. The number of unbranched alkanes of at least 4 members (excludes halogenated alkanes) is 1. The molecule has 2 aromatic rings. The number of nitrogens with one attached hydrogen (secondary N) is 2. The lowest BCUT2D eigenvalue weighted by Gasteiger charge is -2.26. The summed E-state index contributed by atoms with van der Waals surface area (Å²) in [6, 6.07) is 13.5. The first-order valence-corrected chi connectivity index (χ1v) is 10.9. The van der Waals surface area contributed by atoms with Crippen molar-refractivity contribution in [1.82, 2.24) is 10.6 Å². The standard InChI is InChI=1S/C25H36N2O3/c1-5-7-14-30-18-25(3,4)21-11-12-22(23(28)16-21)20-10-8-9-19(15-20)17-27-24(29)26-13-6-2/h8-12,15-16,28H,5-7,13-14,17-18H2,1-4H3,(H2,26,27,29). The predicted molar refractivity (Wildman–Crippen MR) is 123 cm³/mol. The van der Waals surface area contributed by atoms with Crippen LogP contribution in [0.1, 0.15) is 58.1 Å². The third-order valence-electron chi connectivity index (χ3n) is 5.11. The molecule has 0 unspecified atom stereocenters. The van der Waals surface area contributed by atoms with Gasteiger partial charge in [0.05, 0.1) is 6.61 Å². The monoisotopic (exact) mass is 412 g/mol. The first-order chi connectivity index (χ1) is 14.4. The fraction of sp³-hybridized carbons (Fsp3) is 0.480. The maximum atomic E-state index is 11.8. The Labute approximate surface area is 180 Å². The van der Waals surface area contributed by atoms with Gasteiger partial charge in [-0.2, -0.15) is 0 Å². The Balaban J connectivity index is 2.08. The minimum atomic E-state index is -0.179. The van der Waals surface area contributed by atoms with E-state index in [0.717, 1.165) is 48.1 Å². The third-order valence-corrected chi connectivity index (χ3v) is 5.11. The summed E-state index contributed by atoms with van der Waals surface area (Å²) < 4.78 is 5.81. The van der Waals surface area contributed by atoms with Crippen LogP contribution in [0.25, 0.3) is 11.1 Å². The van der Waals surface area contributed by atoms with E-state index >= 15 is 0 Å². The molecule has 0 saturated carbocycles. The number of hydrogen-bond donors (Lipinski definition) is 3. The van der Waals surface area contributed by atoms with Crippen LogP contribution in [0.5, 0.6) is 5.75 Å². The molecule has 5 nitrogen and oxygen atoms in total. The van der Waals surface area contributed by atoms with Gasteiger partial charge >= 0.3 is 6.03 Å². The second-order valence-corrected chi connectivity index (χ2v) is 8.33. The van der Waals surface area contributed by atoms with E-state index in [4.69, 9.17) is 4.74 Å². The topological polar surface area (TPSA) is 70.6 Å². The van der Waals surface area contributed by atoms with Crippen molar-refractivity contribution in [3.8, 4) is 16.9 Å². The Morgan fingerprint density at radius 2 is 1.87 bits per heavy atom. The van der Waals surface area contributed by atoms with Crippen molar-refractivity contribution in [2.45, 2.75) is 58.9 Å². The van der Waals surface area contributed by atoms with Gasteiger partial charge in [0.25, 0.3) is 0 Å². The number of carbonyl (C=O) groups excluding carboxylic acids is 1. The van der Waals surface area contributed by atoms with Crippen LogP contribution in [0.4, 0.5) is 4.79 Å². The average Bonchev–Trinajstić information content (AvgIpc) is 2.74. The first kappa shape index (κ1) is 23.7. The Morgan fingerprint density at radius 1 is 1.07 bits per heavy atom. The van der Waals surface area contributed by atoms with Crippen LogP contribution in [0.2, 0.25) is 0 Å². The second kappa shape index (κ2) is 11.6. The van der Waals surface area contributed by atoms with Gasteiger partial charge in [-0.15, -0.1) is 0 Å². The maximum absolute atomic E-state index is 11.8. The molecule has 0 aromatic heterocycles. The fourth-order valence-electron chi connectivity index (χ4n) is 3.19. The van der Waals surface area contributed by atoms with E-state index in [9.17, 15) is 9.90 Å². The highest BCUT2D eigenvalue weighted by Crippen LogP contribution is 2.34. The summed E-state index contributed by atoms with van der Waals surface area (Å²) in [5.74, 6) is 0.250. The van der Waals surface area contributed by atoms with Gasteiger partial charge in [-0.05, 0) is 41.7 Å². The van der Waals surface area contributed by atoms with Crippen molar-refractivity contribution >= 4 is 6.03 Å². The Hall–Kier alpha value is -2.53. The first-order valence-electron chi connectivity index (χ1n) is 10.9. The number of ether oxygens (including phenoxy) is 1. The van der Waals surface area contributed by atoms with Gasteiger partial charge in [-0.1, -0.05) is 64.4 Å². The number of phenols is 1. The molecule has 0 atom stereocenters. The molecule has 0 heterocycles. The van der Waals surface area contributed by atoms with Gasteiger partial charge in [0, 0.05) is 30.7 Å². The third kappa shape index (κ3) is 7.06. The highest BCUT2D eigenvalue weighted by Gasteiger charge is 2.22. The number of urea groups is 1. The predicted octanol–water partition coefficient (Wildman–Crippen LogP) is 5.36. The van der Waals surface area contributed by atoms with Crippen LogP contribution in [-0.4, -0.2) is 30.9 Å². The molecule has 0 bridgehead atoms. The lowest BCUT2D eigenvalue weighted by atomic mass is 9.84. The van der Waals surface area contributed by atoms with Gasteiger partial charge < -0.3 is 20.5 Å². The molecular weight excluding hydrogens is 376 g/mol. The quantitative estimate of drug-likeness (QED) is 0.435. The normalized spacial score (nSPS) is 11.3. The number of amides is 2. The van der Waals surface area contributed by atoms with Gasteiger partial charge in [0.15, 0.2) is 0 Å². The Kier molecular flexibility index (Phi) is 9.18. The molecule has 0 saturated heterocycles. The van der Waals surface area contributed by atoms with Crippen molar-refractivity contribution in [3.63, 3.8) is 0 Å². The summed E-state index contributed by atoms with van der Waals surface area (Å²) in [5.41, 5.74) is 3.54. The Bertz CT molecular complexity index is 818. The van der Waals surface area contributed by atoms with Gasteiger partial charge in [-0.3, -0.25) is 0 Å². The van der Waals surface area contributed by atoms with Crippen molar-refractivity contribution in [1.29, 1.82) is 0 Å². The summed E-state index contributed by atoms with van der Waals surface area (Å²) in [5, 5.41) is 16.4. The number of hydrogen-bond acceptors (Lipinski definition) is 3. The number of benzene rings is 2. The molecule has 0 fully saturated rings. The van der Waals surface area contributed by atoms with E-state index in [1.54, 1.807) is 0 Å². The van der Waals surface area contributed by atoms with Crippen molar-refractivity contribution in [3.05, 3.63) is 53.6 Å². The molecule has 2 rings (SSSR count). The molecule has 0 radical (unpaired) electrons. The lowest BCUT2D eigenvalue weighted by Crippen LogP contribution is -2.35. The van der Waals surface area contributed by atoms with Crippen LogP contribution >= 0.6 is 0 Å². The van der Waals surface area contributed by atoms with Crippen LogP contribution < -0.4 is 10.6 Å². The van der Waals surface area contributed by atoms with Gasteiger partial charge in [0.2, 0.25) is 0 Å². The van der Waals surface area contributed by atoms with Gasteiger partial charge in [0.1, 0.15) is 5.75 Å². The average molecular weight is 413 g/mol. The molecule has 2 amide bonds. The minimum absolute atomic E-state index is 0.169. The summed E-state index contributed by atoms with van der Waals surface area (Å²) in [6.07, 6.45) is 3.08. The van der Waals surface area contributed by atoms with Crippen molar-refractivity contribution < 1.29 is 14.6 Å². The maximum Gasteiger partial charge on any atom is 0.315 e. The number of phenolic OH excluding ortho intramolecular Hbond substituents is 1. The largest absolute Gasteiger partial charge is 0.507 e. The smallest absolute Gasteiger partial charge is 0.315 e. The molecular formula is C25H36N2O3. The molecule has 0 aliphatic heterocycles. The van der Waals surface area contributed by atoms with E-state index in [-0.39, 0.29) is 17.2 Å². The molecule has 30 heavy (non-hydrogen) atoms. The number of carbonyl (C=O) groups is 1. The second-order valence-electron chi connectivity index (χ2n) is 8.33. The van der Waals surface area contributed by atoms with Crippen LogP contribution in [0.15, 0.2) is 42.5 Å². The zero-order chi connectivity index (χ0) is 22.0. The summed E-state index contributed by atoms with van der Waals surface area (Å²) in [4.78, 5) is 11.8. The lowest BCUT2D eigenvalue weighted by molar-refractivity contribution is 0.0924. The SMILES string of the molecule is CCCCOCC(C)(C)c1ccc(-c2cccc(CNC(=O)NCCC)c2)c(O)c1. The molecule has 3 N–H and O–H groups in total. The molecule has 0 aliphatic carbocycles. The highest BCUT2D eigenvalue weighted by atomic mass is 16.5. The highest BCUT2D eigenvalue weighted by molar-refractivity contribution is 5.74. The zero-order valence-electron chi connectivity index (χ0n) is 18.8. The molecule has 0 aliphatic rings. The van der Waals surface area contributed by atoms with E-state index in [1.165, 1.54) is 0 Å². The molecule has 0 spiro atoms. The zero-order valence-corrected chi connectivity index (χ0v) is 18.8. The van der Waals surface area contributed by atoms with Crippen LogP contribution in [0, 0.1) is 0 Å². The van der Waals surface area contributed by atoms with E-state index in [0.29, 0.717) is 19.7 Å². The molecule has 2 aromatic carbocycles. The van der Waals surface area contributed by atoms with Crippen molar-refractivity contribution in [2.75, 3.05) is 19.8 Å². The molecule has 164 valence electrons. The summed E-state index contributed by atoms with van der Waals surface area (Å²) >= 11 is 0. The van der Waals surface area contributed by atoms with E-state index in [2.05, 4.69) is 37.5 Å². The number of rotatable bonds is 11. The summed E-state index contributed by atoms with van der Waals surface area (Å²) in [6.45, 7) is 10.9. The van der Waals surface area contributed by atoms with Crippen LogP contribution in [0.3, 0.4) is 0 Å². The summed E-state index contributed by atoms with van der Waals surface area (Å²) in [7, 11) is 0.